The second kappa shape index (κ2) is 11.1. The molecule has 1 saturated heterocycles. The Hall–Kier alpha value is -3.50. The maximum absolute atomic E-state index is 13.5. The number of rotatable bonds is 6. The number of amides is 3. The van der Waals surface area contributed by atoms with Crippen LogP contribution in [0.3, 0.4) is 0 Å². The number of aromatic nitrogens is 2. The zero-order valence-electron chi connectivity index (χ0n) is 21.5. The fraction of sp³-hybridized carbons (Fsp3) is 0.444. The molecule has 3 aromatic heterocycles. The van der Waals surface area contributed by atoms with Gasteiger partial charge in [-0.2, -0.15) is 0 Å². The first kappa shape index (κ1) is 26.1. The van der Waals surface area contributed by atoms with Crippen LogP contribution in [-0.4, -0.2) is 70.7 Å². The fourth-order valence-electron chi connectivity index (χ4n) is 5.36. The lowest BCUT2D eigenvalue weighted by atomic mass is 9.84. The minimum Gasteiger partial charge on any atom is -0.448 e. The van der Waals surface area contributed by atoms with Crippen molar-refractivity contribution in [1.29, 1.82) is 0 Å². The molecule has 0 spiro atoms. The molecule has 38 heavy (non-hydrogen) atoms. The van der Waals surface area contributed by atoms with Crippen molar-refractivity contribution >= 4 is 51.8 Å². The van der Waals surface area contributed by atoms with Gasteiger partial charge in [-0.25, -0.2) is 4.98 Å². The quantitative estimate of drug-likeness (QED) is 0.476. The number of carbonyl (C=O) groups is 3. The second-order valence-corrected chi connectivity index (χ2v) is 10.5. The molecule has 1 aliphatic heterocycles. The van der Waals surface area contributed by atoms with Crippen molar-refractivity contribution in [3.63, 3.8) is 0 Å². The number of halogens is 1. The third-order valence-corrected chi connectivity index (χ3v) is 7.58. The Kier molecular flexibility index (Phi) is 7.62. The molecule has 2 fully saturated rings. The normalized spacial score (nSPS) is 19.9. The van der Waals surface area contributed by atoms with E-state index in [2.05, 4.69) is 25.5 Å². The van der Waals surface area contributed by atoms with Gasteiger partial charge < -0.3 is 24.9 Å². The van der Waals surface area contributed by atoms with E-state index >= 15 is 0 Å². The van der Waals surface area contributed by atoms with Gasteiger partial charge in [-0.05, 0) is 69.8 Å². The number of carbonyl (C=O) groups excluding carboxylic acids is 3. The van der Waals surface area contributed by atoms with Crippen molar-refractivity contribution in [3.8, 4) is 0 Å². The van der Waals surface area contributed by atoms with Crippen LogP contribution >= 0.6 is 11.6 Å². The Balaban J connectivity index is 1.44. The lowest BCUT2D eigenvalue weighted by Gasteiger charge is -2.33. The fourth-order valence-corrected chi connectivity index (χ4v) is 5.47. The molecule has 11 heteroatoms. The molecule has 0 atom stereocenters. The van der Waals surface area contributed by atoms with Crippen LogP contribution in [0.4, 0.5) is 11.5 Å². The predicted molar refractivity (Wildman–Crippen MR) is 144 cm³/mol. The molecule has 0 bridgehead atoms. The highest BCUT2D eigenvalue weighted by atomic mass is 35.5. The number of anilines is 2. The highest BCUT2D eigenvalue weighted by Crippen LogP contribution is 2.36. The third-order valence-electron chi connectivity index (χ3n) is 7.36. The zero-order valence-corrected chi connectivity index (χ0v) is 22.3. The molecule has 2 aliphatic rings. The second-order valence-electron chi connectivity index (χ2n) is 10.1. The highest BCUT2D eigenvalue weighted by Gasteiger charge is 2.33. The number of nitrogens with zero attached hydrogens (tertiary/aromatic N) is 4. The molecular formula is C27H31ClN6O4. The minimum atomic E-state index is -0.618. The van der Waals surface area contributed by atoms with Crippen LogP contribution in [0, 0.1) is 5.92 Å². The van der Waals surface area contributed by atoms with E-state index in [0.717, 1.165) is 38.8 Å². The van der Waals surface area contributed by atoms with Crippen LogP contribution in [0.2, 0.25) is 5.02 Å². The number of fused-ring (bicyclic) bond motifs is 1. The number of hydrogen-bond donors (Lipinski definition) is 2. The molecule has 1 saturated carbocycles. The van der Waals surface area contributed by atoms with Gasteiger partial charge in [-0.1, -0.05) is 11.6 Å². The van der Waals surface area contributed by atoms with E-state index in [1.54, 1.807) is 32.3 Å². The van der Waals surface area contributed by atoms with E-state index in [1.807, 2.05) is 0 Å². The monoisotopic (exact) mass is 538 g/mol. The number of likely N-dealkylation sites (tertiary alicyclic amines) is 1. The number of nitrogens with one attached hydrogen (secondary N) is 2. The first-order valence-electron chi connectivity index (χ1n) is 12.9. The van der Waals surface area contributed by atoms with Gasteiger partial charge in [0.1, 0.15) is 22.8 Å². The summed E-state index contributed by atoms with van der Waals surface area (Å²) in [7, 11) is 3.22. The van der Waals surface area contributed by atoms with Crippen molar-refractivity contribution < 1.29 is 18.8 Å². The summed E-state index contributed by atoms with van der Waals surface area (Å²) in [5.74, 6) is -1.25. The lowest BCUT2D eigenvalue weighted by Crippen LogP contribution is -2.38. The number of furan rings is 1. The van der Waals surface area contributed by atoms with Gasteiger partial charge in [-0.3, -0.25) is 19.4 Å². The van der Waals surface area contributed by atoms with Gasteiger partial charge >= 0.3 is 0 Å². The number of pyridine rings is 2. The Morgan fingerprint density at radius 1 is 1.03 bits per heavy atom. The largest absolute Gasteiger partial charge is 0.448 e. The molecule has 3 aromatic rings. The molecule has 5 rings (SSSR count). The molecule has 0 aromatic carbocycles. The molecule has 3 amide bonds. The van der Waals surface area contributed by atoms with Crippen LogP contribution in [0.5, 0.6) is 0 Å². The number of hydrogen-bond acceptors (Lipinski definition) is 7. The average Bonchev–Trinajstić information content (AvgIpc) is 3.58. The summed E-state index contributed by atoms with van der Waals surface area (Å²) in [4.78, 5) is 52.0. The zero-order chi connectivity index (χ0) is 26.8. The lowest BCUT2D eigenvalue weighted by molar-refractivity contribution is -0.121. The van der Waals surface area contributed by atoms with Crippen LogP contribution in [0.25, 0.3) is 11.0 Å². The van der Waals surface area contributed by atoms with Gasteiger partial charge in [0.2, 0.25) is 11.7 Å². The Morgan fingerprint density at radius 3 is 2.42 bits per heavy atom. The topological polar surface area (TPSA) is 121 Å². The van der Waals surface area contributed by atoms with Gasteiger partial charge in [0.25, 0.3) is 11.8 Å². The van der Waals surface area contributed by atoms with Crippen LogP contribution in [0.15, 0.2) is 35.0 Å². The molecule has 10 nitrogen and oxygen atoms in total. The van der Waals surface area contributed by atoms with Crippen LogP contribution < -0.4 is 10.6 Å². The van der Waals surface area contributed by atoms with E-state index in [0.29, 0.717) is 16.5 Å². The Labute approximate surface area is 225 Å². The van der Waals surface area contributed by atoms with Gasteiger partial charge in [-0.15, -0.1) is 0 Å². The summed E-state index contributed by atoms with van der Waals surface area (Å²) in [6, 6.07) is 5.25. The SMILES string of the molecule is CN(C)C(=O)c1nccc2oc(C(=O)Nc3ccc(Cl)cn3)c(NC(=O)[C@H]3CC[C@H](N4CCCC4)CC3)c12. The van der Waals surface area contributed by atoms with Gasteiger partial charge in [0.15, 0.2) is 0 Å². The van der Waals surface area contributed by atoms with E-state index in [-0.39, 0.29) is 46.3 Å². The Morgan fingerprint density at radius 2 is 1.76 bits per heavy atom. The van der Waals surface area contributed by atoms with Crippen molar-refractivity contribution in [1.82, 2.24) is 19.8 Å². The molecule has 0 unspecified atom stereocenters. The van der Waals surface area contributed by atoms with Crippen molar-refractivity contribution in [2.45, 2.75) is 44.6 Å². The highest BCUT2D eigenvalue weighted by molar-refractivity contribution is 6.30. The summed E-state index contributed by atoms with van der Waals surface area (Å²) < 4.78 is 5.90. The van der Waals surface area contributed by atoms with Gasteiger partial charge in [0, 0.05) is 38.4 Å². The molecule has 200 valence electrons. The summed E-state index contributed by atoms with van der Waals surface area (Å²) in [6.45, 7) is 2.28. The Bertz CT molecular complexity index is 1340. The van der Waals surface area contributed by atoms with E-state index in [9.17, 15) is 14.4 Å². The predicted octanol–water partition coefficient (Wildman–Crippen LogP) is 4.42. The van der Waals surface area contributed by atoms with Crippen molar-refractivity contribution in [3.05, 3.63) is 47.1 Å². The van der Waals surface area contributed by atoms with Crippen molar-refractivity contribution in [2.24, 2.45) is 5.92 Å². The minimum absolute atomic E-state index is 0.0907. The standard InChI is InChI=1S/C27H31ClN6O4/c1-33(2)27(37)23-21-19(11-12-29-23)38-24(26(36)31-20-10-7-17(28)15-30-20)22(21)32-25(35)16-5-8-18(9-6-16)34-13-3-4-14-34/h7,10-12,15-16,18H,3-6,8-9,13-14H2,1-2H3,(H,32,35)(H,30,31,36)/t16-,18-. The van der Waals surface area contributed by atoms with Crippen LogP contribution in [0.1, 0.15) is 59.6 Å². The smallest absolute Gasteiger partial charge is 0.294 e. The van der Waals surface area contributed by atoms with E-state index in [4.69, 9.17) is 16.0 Å². The van der Waals surface area contributed by atoms with E-state index < -0.39 is 5.91 Å². The molecule has 2 N–H and O–H groups in total. The molecule has 0 radical (unpaired) electrons. The summed E-state index contributed by atoms with van der Waals surface area (Å²) in [5, 5.41) is 6.33. The maximum Gasteiger partial charge on any atom is 0.294 e. The maximum atomic E-state index is 13.5. The summed E-state index contributed by atoms with van der Waals surface area (Å²) >= 11 is 5.91. The summed E-state index contributed by atoms with van der Waals surface area (Å²) in [6.07, 6.45) is 8.79. The van der Waals surface area contributed by atoms with Crippen LogP contribution in [-0.2, 0) is 4.79 Å². The third kappa shape index (κ3) is 5.37. The van der Waals surface area contributed by atoms with Gasteiger partial charge in [0.05, 0.1) is 10.4 Å². The average molecular weight is 539 g/mol. The van der Waals surface area contributed by atoms with Crippen molar-refractivity contribution in [2.75, 3.05) is 37.8 Å². The molecule has 4 heterocycles. The molecular weight excluding hydrogens is 508 g/mol. The first-order valence-corrected chi connectivity index (χ1v) is 13.3. The summed E-state index contributed by atoms with van der Waals surface area (Å²) in [5.41, 5.74) is 0.497. The first-order chi connectivity index (χ1) is 18.3. The van der Waals surface area contributed by atoms with E-state index in [1.165, 1.54) is 30.1 Å². The molecule has 1 aliphatic carbocycles.